The fourth-order valence-electron chi connectivity index (χ4n) is 4.33. The van der Waals surface area contributed by atoms with Crippen molar-refractivity contribution in [3.8, 4) is 0 Å². The van der Waals surface area contributed by atoms with E-state index in [0.717, 1.165) is 11.1 Å². The van der Waals surface area contributed by atoms with Crippen LogP contribution in [0, 0.1) is 13.8 Å². The van der Waals surface area contributed by atoms with Crippen molar-refractivity contribution in [1.29, 1.82) is 0 Å². The molecule has 9 nitrogen and oxygen atoms in total. The number of carbonyl (C=O) groups is 3. The zero-order valence-corrected chi connectivity index (χ0v) is 22.7. The van der Waals surface area contributed by atoms with Crippen molar-refractivity contribution in [1.82, 2.24) is 10.4 Å². The third kappa shape index (κ3) is 6.17. The van der Waals surface area contributed by atoms with Crippen LogP contribution in [0.3, 0.4) is 0 Å². The fourth-order valence-corrected chi connectivity index (χ4v) is 4.33. The molecular formula is C30H32N4O5. The molecule has 0 atom stereocenters. The largest absolute Gasteiger partial charge is 0.465 e. The molecule has 0 aliphatic carbocycles. The second-order valence-electron chi connectivity index (χ2n) is 9.51. The van der Waals surface area contributed by atoms with E-state index in [0.29, 0.717) is 58.1 Å². The van der Waals surface area contributed by atoms with Gasteiger partial charge in [-0.15, -0.1) is 0 Å². The van der Waals surface area contributed by atoms with Gasteiger partial charge in [0.05, 0.1) is 36.2 Å². The van der Waals surface area contributed by atoms with Crippen LogP contribution in [0.15, 0.2) is 60.7 Å². The molecule has 202 valence electrons. The summed E-state index contributed by atoms with van der Waals surface area (Å²) in [6.07, 6.45) is 0. The van der Waals surface area contributed by atoms with Crippen molar-refractivity contribution >= 4 is 40.4 Å². The normalized spacial score (nSPS) is 13.5. The van der Waals surface area contributed by atoms with Crippen LogP contribution in [0.25, 0.3) is 11.3 Å². The molecule has 3 aromatic carbocycles. The number of hydrogen-bond donors (Lipinski definition) is 3. The van der Waals surface area contributed by atoms with Gasteiger partial charge in [-0.25, -0.2) is 10.3 Å². The Morgan fingerprint density at radius 1 is 0.949 bits per heavy atom. The summed E-state index contributed by atoms with van der Waals surface area (Å²) in [4.78, 5) is 45.3. The Kier molecular flexibility index (Phi) is 8.43. The number of benzene rings is 3. The second-order valence-corrected chi connectivity index (χ2v) is 9.51. The number of esters is 1. The molecule has 3 N–H and O–H groups in total. The summed E-state index contributed by atoms with van der Waals surface area (Å²) in [6, 6.07) is 18.3. The molecule has 0 aromatic heterocycles. The van der Waals surface area contributed by atoms with Gasteiger partial charge in [0.2, 0.25) is 0 Å². The van der Waals surface area contributed by atoms with Gasteiger partial charge in [-0.2, -0.15) is 0 Å². The predicted molar refractivity (Wildman–Crippen MR) is 151 cm³/mol. The molecule has 9 heteroatoms. The summed E-state index contributed by atoms with van der Waals surface area (Å²) in [5.74, 6) is -1.09. The van der Waals surface area contributed by atoms with Crippen LogP contribution in [0.4, 0.5) is 11.4 Å². The van der Waals surface area contributed by atoms with E-state index in [9.17, 15) is 14.4 Å². The number of nitrogens with zero attached hydrogens (tertiary/aromatic N) is 1. The van der Waals surface area contributed by atoms with Crippen LogP contribution in [-0.2, 0) is 14.4 Å². The number of hydroxylamine groups is 1. The van der Waals surface area contributed by atoms with E-state index in [-0.39, 0.29) is 11.8 Å². The van der Waals surface area contributed by atoms with Crippen LogP contribution >= 0.6 is 0 Å². The standard InChI is InChI=1S/C30H32N4O5/c1-18-15-21(11-12-22(18)28(35)33-39-14-13-34(3)4)31-27(20-9-7-6-8-10-20)26-24-16-19(2)23(30(37)38-5)17-25(24)32-29(26)36/h6-12,15-17,31H,13-14H2,1-5H3,(H,32,36)(H,33,35)/b27-26-. The molecular weight excluding hydrogens is 496 g/mol. The monoisotopic (exact) mass is 528 g/mol. The molecule has 4 rings (SSSR count). The van der Waals surface area contributed by atoms with Crippen LogP contribution in [0.1, 0.15) is 43.0 Å². The van der Waals surface area contributed by atoms with Gasteiger partial charge in [0.15, 0.2) is 0 Å². The lowest BCUT2D eigenvalue weighted by Crippen LogP contribution is -2.28. The highest BCUT2D eigenvalue weighted by molar-refractivity contribution is 6.37. The third-order valence-electron chi connectivity index (χ3n) is 6.37. The average molecular weight is 529 g/mol. The van der Waals surface area contributed by atoms with Crippen molar-refractivity contribution in [3.63, 3.8) is 0 Å². The zero-order valence-electron chi connectivity index (χ0n) is 22.7. The summed E-state index contributed by atoms with van der Waals surface area (Å²) in [7, 11) is 5.18. The molecule has 1 heterocycles. The number of likely N-dealkylation sites (N-methyl/N-ethyl adjacent to an activating group) is 1. The topological polar surface area (TPSA) is 109 Å². The van der Waals surface area contributed by atoms with Crippen LogP contribution < -0.4 is 16.1 Å². The van der Waals surface area contributed by atoms with Gasteiger partial charge < -0.3 is 20.3 Å². The lowest BCUT2D eigenvalue weighted by atomic mass is 9.96. The lowest BCUT2D eigenvalue weighted by Gasteiger charge is -2.17. The summed E-state index contributed by atoms with van der Waals surface area (Å²) in [6.45, 7) is 4.69. The average Bonchev–Trinajstić information content (AvgIpc) is 3.23. The zero-order chi connectivity index (χ0) is 28.1. The maximum Gasteiger partial charge on any atom is 0.338 e. The number of ether oxygens (including phenoxy) is 1. The number of hydrogen-bond acceptors (Lipinski definition) is 7. The highest BCUT2D eigenvalue weighted by atomic mass is 16.7. The van der Waals surface area contributed by atoms with E-state index in [4.69, 9.17) is 9.57 Å². The molecule has 0 saturated heterocycles. The Balaban J connectivity index is 1.69. The number of amides is 2. The minimum Gasteiger partial charge on any atom is -0.465 e. The molecule has 39 heavy (non-hydrogen) atoms. The van der Waals surface area contributed by atoms with E-state index in [1.165, 1.54) is 7.11 Å². The van der Waals surface area contributed by atoms with Gasteiger partial charge in [0, 0.05) is 23.4 Å². The molecule has 0 bridgehead atoms. The van der Waals surface area contributed by atoms with Gasteiger partial charge >= 0.3 is 5.97 Å². The number of rotatable bonds is 9. The van der Waals surface area contributed by atoms with Gasteiger partial charge in [-0.3, -0.25) is 14.4 Å². The molecule has 3 aromatic rings. The molecule has 0 spiro atoms. The minimum absolute atomic E-state index is 0.291. The van der Waals surface area contributed by atoms with E-state index < -0.39 is 5.97 Å². The predicted octanol–water partition coefficient (Wildman–Crippen LogP) is 4.25. The maximum absolute atomic E-state index is 13.3. The number of anilines is 2. The highest BCUT2D eigenvalue weighted by Crippen LogP contribution is 2.39. The van der Waals surface area contributed by atoms with Gasteiger partial charge in [0.1, 0.15) is 0 Å². The maximum atomic E-state index is 13.3. The van der Waals surface area contributed by atoms with E-state index >= 15 is 0 Å². The van der Waals surface area contributed by atoms with Crippen molar-refractivity contribution < 1.29 is 24.0 Å². The molecule has 0 saturated carbocycles. The first kappa shape index (κ1) is 27.6. The van der Waals surface area contributed by atoms with Gasteiger partial charge in [-0.1, -0.05) is 30.3 Å². The first-order valence-electron chi connectivity index (χ1n) is 12.5. The Labute approximate surface area is 227 Å². The van der Waals surface area contributed by atoms with Gasteiger partial charge in [0.25, 0.3) is 11.8 Å². The molecule has 2 amide bonds. The van der Waals surface area contributed by atoms with E-state index in [1.54, 1.807) is 25.1 Å². The lowest BCUT2D eigenvalue weighted by molar-refractivity contribution is -0.110. The number of nitrogens with one attached hydrogen (secondary N) is 3. The number of aryl methyl sites for hydroxylation is 2. The van der Waals surface area contributed by atoms with Crippen molar-refractivity contribution in [2.75, 3.05) is 45.0 Å². The SMILES string of the molecule is COC(=O)c1cc2c(cc1C)/C(=C(/Nc1ccc(C(=O)NOCCN(C)C)c(C)c1)c1ccccc1)C(=O)N2. The molecule has 1 aliphatic heterocycles. The summed E-state index contributed by atoms with van der Waals surface area (Å²) in [5.41, 5.74) is 8.56. The molecule has 0 unspecified atom stereocenters. The second kappa shape index (κ2) is 11.9. The third-order valence-corrected chi connectivity index (χ3v) is 6.37. The summed E-state index contributed by atoms with van der Waals surface area (Å²) in [5, 5.41) is 6.29. The number of carbonyl (C=O) groups excluding carboxylic acids is 3. The number of fused-ring (bicyclic) bond motifs is 1. The Morgan fingerprint density at radius 3 is 2.33 bits per heavy atom. The molecule has 0 radical (unpaired) electrons. The highest BCUT2D eigenvalue weighted by Gasteiger charge is 2.30. The van der Waals surface area contributed by atoms with E-state index in [1.807, 2.05) is 68.4 Å². The van der Waals surface area contributed by atoms with E-state index in [2.05, 4.69) is 16.1 Å². The Bertz CT molecular complexity index is 1450. The Hall–Kier alpha value is -4.47. The fraction of sp³-hybridized carbons (Fsp3) is 0.233. The minimum atomic E-state index is -0.467. The first-order chi connectivity index (χ1) is 18.7. The molecule has 1 aliphatic rings. The van der Waals surface area contributed by atoms with Crippen molar-refractivity contribution in [3.05, 3.63) is 94.0 Å². The van der Waals surface area contributed by atoms with Crippen molar-refractivity contribution in [2.45, 2.75) is 13.8 Å². The van der Waals surface area contributed by atoms with Gasteiger partial charge in [-0.05, 0) is 75.0 Å². The quantitative estimate of drug-likeness (QED) is 0.165. The number of methoxy groups -OCH3 is 1. The van der Waals surface area contributed by atoms with Crippen LogP contribution in [0.2, 0.25) is 0 Å². The van der Waals surface area contributed by atoms with Crippen molar-refractivity contribution in [2.24, 2.45) is 0 Å². The van der Waals surface area contributed by atoms with Crippen LogP contribution in [0.5, 0.6) is 0 Å². The summed E-state index contributed by atoms with van der Waals surface area (Å²) >= 11 is 0. The first-order valence-corrected chi connectivity index (χ1v) is 12.5. The smallest absolute Gasteiger partial charge is 0.338 e. The summed E-state index contributed by atoms with van der Waals surface area (Å²) < 4.78 is 4.89. The molecule has 0 fully saturated rings. The van der Waals surface area contributed by atoms with Crippen LogP contribution in [-0.4, -0.2) is 57.0 Å². The Morgan fingerprint density at radius 2 is 1.67 bits per heavy atom.